The van der Waals surface area contributed by atoms with Crippen molar-refractivity contribution in [1.29, 1.82) is 0 Å². The maximum atomic E-state index is 6.00. The molecule has 5 rings (SSSR count). The van der Waals surface area contributed by atoms with Crippen molar-refractivity contribution in [3.8, 4) is 11.5 Å². The number of hydrogen-bond acceptors (Lipinski definition) is 3. The van der Waals surface area contributed by atoms with Gasteiger partial charge in [0.25, 0.3) is 0 Å². The smallest absolute Gasteiger partial charge is 0.519 e. The zero-order valence-electron chi connectivity index (χ0n) is 12.3. The summed E-state index contributed by atoms with van der Waals surface area (Å²) in [6.45, 7) is 0. The third-order valence-corrected chi connectivity index (χ3v) is 4.22. The van der Waals surface area contributed by atoms with Gasteiger partial charge < -0.3 is 9.31 Å². The van der Waals surface area contributed by atoms with Gasteiger partial charge in [0, 0.05) is 22.4 Å². The first-order valence-corrected chi connectivity index (χ1v) is 7.59. The Balaban J connectivity index is 1.75. The molecule has 3 nitrogen and oxygen atoms in total. The molecule has 1 aromatic heterocycles. The third kappa shape index (κ3) is 1.88. The van der Waals surface area contributed by atoms with Gasteiger partial charge in [-0.15, -0.1) is 0 Å². The molecule has 0 saturated heterocycles. The summed E-state index contributed by atoms with van der Waals surface area (Å²) < 4.78 is 12.0. The summed E-state index contributed by atoms with van der Waals surface area (Å²) >= 11 is 0. The number of para-hydroxylation sites is 2. The molecule has 0 atom stereocenters. The van der Waals surface area contributed by atoms with Gasteiger partial charge in [-0.25, -0.2) is 0 Å². The van der Waals surface area contributed by atoms with Crippen LogP contribution >= 0.6 is 0 Å². The van der Waals surface area contributed by atoms with Crippen LogP contribution < -0.4 is 14.8 Å². The molecule has 23 heavy (non-hydrogen) atoms. The Kier molecular flexibility index (Phi) is 2.59. The molecule has 3 aromatic carbocycles. The highest BCUT2D eigenvalue weighted by Crippen LogP contribution is 2.33. The van der Waals surface area contributed by atoms with E-state index in [9.17, 15) is 0 Å². The maximum absolute atomic E-state index is 6.00. The van der Waals surface area contributed by atoms with Crippen molar-refractivity contribution in [2.75, 3.05) is 0 Å². The summed E-state index contributed by atoms with van der Waals surface area (Å²) in [6.07, 6.45) is 1.82. The topological polar surface area (TPSA) is 31.4 Å². The first-order chi connectivity index (χ1) is 11.4. The van der Waals surface area contributed by atoms with E-state index < -0.39 is 7.12 Å². The largest absolute Gasteiger partial charge is 0.633 e. The molecule has 1 aliphatic rings. The number of pyridine rings is 1. The number of fused-ring (bicyclic) bond motifs is 4. The highest BCUT2D eigenvalue weighted by molar-refractivity contribution is 6.67. The van der Waals surface area contributed by atoms with E-state index in [1.165, 1.54) is 0 Å². The first-order valence-electron chi connectivity index (χ1n) is 7.59. The Bertz CT molecular complexity index is 1020. The Labute approximate surface area is 133 Å². The predicted octanol–water partition coefficient (Wildman–Crippen LogP) is 3.55. The number of hydrogen-bond donors (Lipinski definition) is 0. The molecule has 4 heteroatoms. The maximum Gasteiger partial charge on any atom is 0.633 e. The van der Waals surface area contributed by atoms with Crippen molar-refractivity contribution in [2.24, 2.45) is 0 Å². The van der Waals surface area contributed by atoms with Crippen LogP contribution in [0.25, 0.3) is 21.7 Å². The number of nitrogens with zero attached hydrogens (tertiary/aromatic N) is 1. The minimum atomic E-state index is -0.441. The van der Waals surface area contributed by atoms with Crippen LogP contribution in [-0.4, -0.2) is 12.1 Å². The summed E-state index contributed by atoms with van der Waals surface area (Å²) in [6, 6.07) is 22.2. The van der Waals surface area contributed by atoms with E-state index in [1.54, 1.807) is 0 Å². The lowest BCUT2D eigenvalue weighted by Crippen LogP contribution is -2.39. The predicted molar refractivity (Wildman–Crippen MR) is 92.3 cm³/mol. The molecule has 0 unspecified atom stereocenters. The van der Waals surface area contributed by atoms with E-state index >= 15 is 0 Å². The first kappa shape index (κ1) is 12.5. The second-order valence-corrected chi connectivity index (χ2v) is 5.60. The van der Waals surface area contributed by atoms with Crippen molar-refractivity contribution in [3.05, 3.63) is 72.9 Å². The van der Waals surface area contributed by atoms with E-state index in [1.807, 2.05) is 48.7 Å². The lowest BCUT2D eigenvalue weighted by molar-refractivity contribution is 0.519. The van der Waals surface area contributed by atoms with Crippen molar-refractivity contribution < 1.29 is 9.31 Å². The van der Waals surface area contributed by atoms with E-state index in [0.717, 1.165) is 38.6 Å². The minimum absolute atomic E-state index is 0.441. The molecule has 0 N–H and O–H groups in total. The highest BCUT2D eigenvalue weighted by atomic mass is 16.6. The van der Waals surface area contributed by atoms with Crippen molar-refractivity contribution in [3.63, 3.8) is 0 Å². The molecule has 0 radical (unpaired) electrons. The van der Waals surface area contributed by atoms with Crippen molar-refractivity contribution in [2.45, 2.75) is 0 Å². The summed E-state index contributed by atoms with van der Waals surface area (Å²) in [5.74, 6) is 1.56. The third-order valence-electron chi connectivity index (χ3n) is 4.22. The number of aromatic nitrogens is 1. The fraction of sp³-hybridized carbons (Fsp3) is 0. The zero-order valence-corrected chi connectivity index (χ0v) is 12.3. The van der Waals surface area contributed by atoms with Gasteiger partial charge in [0.1, 0.15) is 11.5 Å². The normalized spacial score (nSPS) is 13.0. The Morgan fingerprint density at radius 1 is 0.696 bits per heavy atom. The van der Waals surface area contributed by atoms with Gasteiger partial charge in [-0.2, -0.15) is 0 Å². The van der Waals surface area contributed by atoms with E-state index in [-0.39, 0.29) is 0 Å². The van der Waals surface area contributed by atoms with Crippen LogP contribution in [0, 0.1) is 0 Å². The SMILES string of the molecule is c1ccc2c(c1)OB(c1cccc3ccc4cccnc4c13)O2. The minimum Gasteiger partial charge on any atom is -0.519 e. The summed E-state index contributed by atoms with van der Waals surface area (Å²) in [5, 5.41) is 3.34. The van der Waals surface area contributed by atoms with Crippen molar-refractivity contribution in [1.82, 2.24) is 4.98 Å². The quantitative estimate of drug-likeness (QED) is 0.398. The summed E-state index contributed by atoms with van der Waals surface area (Å²) in [7, 11) is -0.441. The molecule has 4 aromatic rings. The van der Waals surface area contributed by atoms with Crippen LogP contribution in [0.2, 0.25) is 0 Å². The van der Waals surface area contributed by atoms with Gasteiger partial charge in [0.05, 0.1) is 5.52 Å². The Hall–Kier alpha value is -3.01. The van der Waals surface area contributed by atoms with Crippen LogP contribution in [0.4, 0.5) is 0 Å². The molecule has 0 amide bonds. The fourth-order valence-corrected chi connectivity index (χ4v) is 3.16. The van der Waals surface area contributed by atoms with E-state index in [2.05, 4.69) is 29.2 Å². The van der Waals surface area contributed by atoms with Crippen molar-refractivity contribution >= 4 is 34.3 Å². The molecule has 0 spiro atoms. The van der Waals surface area contributed by atoms with Gasteiger partial charge in [0.15, 0.2) is 0 Å². The molecule has 0 bridgehead atoms. The van der Waals surface area contributed by atoms with Crippen LogP contribution in [-0.2, 0) is 0 Å². The molecular formula is C19H12BNO2. The van der Waals surface area contributed by atoms with Gasteiger partial charge in [-0.3, -0.25) is 4.98 Å². The Morgan fingerprint density at radius 3 is 2.26 bits per heavy atom. The summed E-state index contributed by atoms with van der Waals surface area (Å²) in [5.41, 5.74) is 1.98. The molecule has 2 heterocycles. The lowest BCUT2D eigenvalue weighted by Gasteiger charge is -2.10. The van der Waals surface area contributed by atoms with Crippen LogP contribution in [0.15, 0.2) is 72.9 Å². The lowest BCUT2D eigenvalue weighted by atomic mass is 9.76. The monoisotopic (exact) mass is 297 g/mol. The molecule has 0 aliphatic carbocycles. The summed E-state index contributed by atoms with van der Waals surface area (Å²) in [4.78, 5) is 4.58. The van der Waals surface area contributed by atoms with E-state index in [0.29, 0.717) is 0 Å². The molecule has 1 aliphatic heterocycles. The molecule has 0 fully saturated rings. The van der Waals surface area contributed by atoms with Gasteiger partial charge in [-0.05, 0) is 23.6 Å². The van der Waals surface area contributed by atoms with Crippen LogP contribution in [0.1, 0.15) is 0 Å². The zero-order chi connectivity index (χ0) is 15.2. The average molecular weight is 297 g/mol. The van der Waals surface area contributed by atoms with Gasteiger partial charge in [0.2, 0.25) is 0 Å². The standard InChI is InChI=1S/C19H12BNO2/c1-2-9-17-16(8-1)22-20(23-17)15-7-3-5-13-10-11-14-6-4-12-21-19(14)18(13)15/h1-12H. The second-order valence-electron chi connectivity index (χ2n) is 5.60. The van der Waals surface area contributed by atoms with Gasteiger partial charge >= 0.3 is 7.12 Å². The fourth-order valence-electron chi connectivity index (χ4n) is 3.16. The molecular weight excluding hydrogens is 285 g/mol. The Morgan fingerprint density at radius 2 is 1.43 bits per heavy atom. The highest BCUT2D eigenvalue weighted by Gasteiger charge is 2.35. The molecule has 0 saturated carbocycles. The number of benzene rings is 3. The van der Waals surface area contributed by atoms with Crippen LogP contribution in [0.3, 0.4) is 0 Å². The van der Waals surface area contributed by atoms with E-state index in [4.69, 9.17) is 9.31 Å². The number of rotatable bonds is 1. The average Bonchev–Trinajstić information content (AvgIpc) is 3.05. The van der Waals surface area contributed by atoms with Gasteiger partial charge in [-0.1, -0.05) is 48.5 Å². The van der Waals surface area contributed by atoms with Crippen LogP contribution in [0.5, 0.6) is 11.5 Å². The second kappa shape index (κ2) is 4.75. The molecule has 108 valence electrons.